The third-order valence-electron chi connectivity index (χ3n) is 3.36. The molecule has 3 rings (SSSR count). The van der Waals surface area contributed by atoms with E-state index >= 15 is 0 Å². The molecule has 0 radical (unpaired) electrons. The summed E-state index contributed by atoms with van der Waals surface area (Å²) in [6.45, 7) is 2.78. The van der Waals surface area contributed by atoms with Gasteiger partial charge in [-0.3, -0.25) is 4.79 Å². The highest BCUT2D eigenvalue weighted by atomic mass is 16.7. The van der Waals surface area contributed by atoms with Crippen LogP contribution in [0.1, 0.15) is 35.8 Å². The van der Waals surface area contributed by atoms with Crippen LogP contribution >= 0.6 is 0 Å². The summed E-state index contributed by atoms with van der Waals surface area (Å²) in [5, 5.41) is 0.378. The first-order valence-corrected chi connectivity index (χ1v) is 7.18. The fourth-order valence-electron chi connectivity index (χ4n) is 2.37. The number of hydrogen-bond donors (Lipinski definition) is 0. The number of esters is 1. The van der Waals surface area contributed by atoms with Gasteiger partial charge in [0.25, 0.3) is 0 Å². The van der Waals surface area contributed by atoms with Crippen molar-refractivity contribution in [2.75, 3.05) is 19.8 Å². The molecule has 6 nitrogen and oxygen atoms in total. The largest absolute Gasteiger partial charge is 0.460 e. The van der Waals surface area contributed by atoms with Gasteiger partial charge in [0.1, 0.15) is 11.1 Å². The number of carbonyl (C=O) groups is 1. The molecule has 1 aromatic carbocycles. The van der Waals surface area contributed by atoms with Crippen molar-refractivity contribution in [1.82, 2.24) is 0 Å². The molecule has 1 aromatic heterocycles. The molecule has 1 aliphatic heterocycles. The lowest BCUT2D eigenvalue weighted by molar-refractivity contribution is -0.184. The van der Waals surface area contributed by atoms with Crippen LogP contribution in [0, 0.1) is 0 Å². The van der Waals surface area contributed by atoms with Crippen molar-refractivity contribution in [2.45, 2.75) is 19.6 Å². The molecular formula is C16H16O6. The van der Waals surface area contributed by atoms with E-state index in [0.717, 1.165) is 6.42 Å². The maximum atomic E-state index is 12.7. The molecular weight excluding hydrogens is 288 g/mol. The Morgan fingerprint density at radius 1 is 1.27 bits per heavy atom. The summed E-state index contributed by atoms with van der Waals surface area (Å²) < 4.78 is 21.5. The highest BCUT2D eigenvalue weighted by Crippen LogP contribution is 2.26. The fourth-order valence-corrected chi connectivity index (χ4v) is 2.37. The van der Waals surface area contributed by atoms with Crippen molar-refractivity contribution >= 4 is 16.9 Å². The molecule has 2 heterocycles. The fraction of sp³-hybridized carbons (Fsp3) is 0.375. The van der Waals surface area contributed by atoms with Gasteiger partial charge in [-0.25, -0.2) is 4.79 Å². The molecule has 116 valence electrons. The third-order valence-corrected chi connectivity index (χ3v) is 3.36. The van der Waals surface area contributed by atoms with Crippen LogP contribution in [0.2, 0.25) is 0 Å². The summed E-state index contributed by atoms with van der Waals surface area (Å²) in [5.41, 5.74) is 0.0590. The Bertz CT molecular complexity index is 742. The van der Waals surface area contributed by atoms with Gasteiger partial charge in [0.2, 0.25) is 11.2 Å². The van der Waals surface area contributed by atoms with Crippen LogP contribution in [0.25, 0.3) is 11.0 Å². The molecule has 0 aliphatic carbocycles. The molecule has 0 N–H and O–H groups in total. The topological polar surface area (TPSA) is 75.0 Å². The van der Waals surface area contributed by atoms with E-state index in [0.29, 0.717) is 24.2 Å². The first kappa shape index (κ1) is 14.7. The number of benzene rings is 1. The normalized spacial score (nSPS) is 15.9. The van der Waals surface area contributed by atoms with Crippen molar-refractivity contribution in [3.05, 3.63) is 45.8 Å². The molecule has 0 bridgehead atoms. The Hall–Kier alpha value is -2.18. The van der Waals surface area contributed by atoms with E-state index in [2.05, 4.69) is 0 Å². The molecule has 1 saturated heterocycles. The van der Waals surface area contributed by atoms with Gasteiger partial charge in [0.05, 0.1) is 25.2 Å². The van der Waals surface area contributed by atoms with Crippen LogP contribution in [0.4, 0.5) is 0 Å². The minimum absolute atomic E-state index is 0.0665. The Morgan fingerprint density at radius 3 is 2.73 bits per heavy atom. The van der Waals surface area contributed by atoms with E-state index in [1.54, 1.807) is 31.2 Å². The standard InChI is InChI=1S/C16H16O6/c1-2-19-15(18)14-12(16-20-8-5-9-21-16)13(17)10-6-3-4-7-11(10)22-14/h3-4,6-7,16H,2,5,8-9H2,1H3. The summed E-state index contributed by atoms with van der Waals surface area (Å²) in [6.07, 6.45) is -0.168. The number of ether oxygens (including phenoxy) is 3. The van der Waals surface area contributed by atoms with Crippen molar-refractivity contribution in [2.24, 2.45) is 0 Å². The molecule has 2 aromatic rings. The smallest absolute Gasteiger partial charge is 0.374 e. The molecule has 6 heteroatoms. The average Bonchev–Trinajstić information content (AvgIpc) is 2.56. The van der Waals surface area contributed by atoms with Crippen molar-refractivity contribution in [1.29, 1.82) is 0 Å². The van der Waals surface area contributed by atoms with Crippen LogP contribution in [-0.4, -0.2) is 25.8 Å². The molecule has 1 aliphatic rings. The van der Waals surface area contributed by atoms with E-state index in [1.807, 2.05) is 0 Å². The van der Waals surface area contributed by atoms with Crippen molar-refractivity contribution < 1.29 is 23.4 Å². The molecule has 0 spiro atoms. The van der Waals surface area contributed by atoms with E-state index in [9.17, 15) is 9.59 Å². The minimum Gasteiger partial charge on any atom is -0.460 e. The Morgan fingerprint density at radius 2 is 2.00 bits per heavy atom. The summed E-state index contributed by atoms with van der Waals surface area (Å²) in [5.74, 6) is -0.851. The van der Waals surface area contributed by atoms with E-state index in [-0.39, 0.29) is 23.4 Å². The Labute approximate surface area is 126 Å². The zero-order chi connectivity index (χ0) is 15.5. The van der Waals surface area contributed by atoms with E-state index < -0.39 is 12.3 Å². The first-order valence-electron chi connectivity index (χ1n) is 7.18. The zero-order valence-corrected chi connectivity index (χ0v) is 12.2. The van der Waals surface area contributed by atoms with Crippen molar-refractivity contribution in [3.63, 3.8) is 0 Å². The van der Waals surface area contributed by atoms with Gasteiger partial charge < -0.3 is 18.6 Å². The number of rotatable bonds is 3. The van der Waals surface area contributed by atoms with Gasteiger partial charge in [-0.05, 0) is 25.5 Å². The minimum atomic E-state index is -0.908. The number of hydrogen-bond acceptors (Lipinski definition) is 6. The molecule has 0 atom stereocenters. The first-order chi connectivity index (χ1) is 10.7. The quantitative estimate of drug-likeness (QED) is 0.811. The van der Waals surface area contributed by atoms with Crippen molar-refractivity contribution in [3.8, 4) is 0 Å². The molecule has 22 heavy (non-hydrogen) atoms. The summed E-state index contributed by atoms with van der Waals surface area (Å²) in [7, 11) is 0. The summed E-state index contributed by atoms with van der Waals surface area (Å²) in [6, 6.07) is 6.73. The van der Waals surface area contributed by atoms with Gasteiger partial charge in [-0.2, -0.15) is 0 Å². The predicted octanol–water partition coefficient (Wildman–Crippen LogP) is 2.41. The second kappa shape index (κ2) is 6.29. The van der Waals surface area contributed by atoms with Crippen LogP contribution in [-0.2, 0) is 14.2 Å². The highest BCUT2D eigenvalue weighted by molar-refractivity contribution is 5.91. The number of fused-ring (bicyclic) bond motifs is 1. The zero-order valence-electron chi connectivity index (χ0n) is 12.2. The maximum Gasteiger partial charge on any atom is 0.374 e. The van der Waals surface area contributed by atoms with Crippen LogP contribution < -0.4 is 5.43 Å². The maximum absolute atomic E-state index is 12.7. The highest BCUT2D eigenvalue weighted by Gasteiger charge is 2.30. The molecule has 0 amide bonds. The van der Waals surface area contributed by atoms with Crippen LogP contribution in [0.5, 0.6) is 0 Å². The number of para-hydroxylation sites is 1. The summed E-state index contributed by atoms with van der Waals surface area (Å²) >= 11 is 0. The Balaban J connectivity index is 2.20. The second-order valence-corrected chi connectivity index (χ2v) is 4.82. The lowest BCUT2D eigenvalue weighted by Gasteiger charge is -2.23. The Kier molecular flexibility index (Phi) is 4.22. The SMILES string of the molecule is CCOC(=O)c1oc2ccccc2c(=O)c1C1OCCCO1. The van der Waals surface area contributed by atoms with Gasteiger partial charge in [-0.15, -0.1) is 0 Å². The third kappa shape index (κ3) is 2.63. The van der Waals surface area contributed by atoms with E-state index in [4.69, 9.17) is 18.6 Å². The van der Waals surface area contributed by atoms with Crippen LogP contribution in [0.3, 0.4) is 0 Å². The average molecular weight is 304 g/mol. The monoisotopic (exact) mass is 304 g/mol. The van der Waals surface area contributed by atoms with Gasteiger partial charge in [0, 0.05) is 0 Å². The van der Waals surface area contributed by atoms with Crippen LogP contribution in [0.15, 0.2) is 33.5 Å². The van der Waals surface area contributed by atoms with E-state index in [1.165, 1.54) is 0 Å². The molecule has 0 unspecified atom stereocenters. The lowest BCUT2D eigenvalue weighted by atomic mass is 10.1. The number of carbonyl (C=O) groups excluding carboxylic acids is 1. The summed E-state index contributed by atoms with van der Waals surface area (Å²) in [4.78, 5) is 24.9. The molecule has 0 saturated carbocycles. The van der Waals surface area contributed by atoms with Gasteiger partial charge in [-0.1, -0.05) is 12.1 Å². The lowest BCUT2D eigenvalue weighted by Crippen LogP contribution is -2.27. The molecule has 1 fully saturated rings. The van der Waals surface area contributed by atoms with Gasteiger partial charge in [0.15, 0.2) is 6.29 Å². The van der Waals surface area contributed by atoms with Gasteiger partial charge >= 0.3 is 5.97 Å². The second-order valence-electron chi connectivity index (χ2n) is 4.82. The predicted molar refractivity (Wildman–Crippen MR) is 77.7 cm³/mol.